The minimum absolute atomic E-state index is 0.187. The predicted molar refractivity (Wildman–Crippen MR) is 83.4 cm³/mol. The van der Waals surface area contributed by atoms with Gasteiger partial charge in [-0.1, -0.05) is 6.92 Å². The third-order valence-corrected chi connectivity index (χ3v) is 5.33. The van der Waals surface area contributed by atoms with E-state index in [-0.39, 0.29) is 5.91 Å². The molecule has 0 spiro atoms. The fourth-order valence-electron chi connectivity index (χ4n) is 2.72. The maximum absolute atomic E-state index is 12.6. The Morgan fingerprint density at radius 2 is 2.15 bits per heavy atom. The van der Waals surface area contributed by atoms with Crippen LogP contribution in [0.2, 0.25) is 0 Å². The van der Waals surface area contributed by atoms with Crippen LogP contribution in [0.25, 0.3) is 0 Å². The van der Waals surface area contributed by atoms with Crippen molar-refractivity contribution in [3.63, 3.8) is 0 Å². The molecule has 1 fully saturated rings. The van der Waals surface area contributed by atoms with E-state index >= 15 is 0 Å². The summed E-state index contributed by atoms with van der Waals surface area (Å²) in [5, 5.41) is 4.27. The molecule has 2 rings (SSSR count). The summed E-state index contributed by atoms with van der Waals surface area (Å²) in [7, 11) is 2.00. The summed E-state index contributed by atoms with van der Waals surface area (Å²) in [4.78, 5) is 19.9. The summed E-state index contributed by atoms with van der Waals surface area (Å²) in [5.74, 6) is 0.951. The van der Waals surface area contributed by atoms with E-state index in [1.54, 1.807) is 11.3 Å². The molecule has 1 aliphatic heterocycles. The monoisotopic (exact) mass is 295 g/mol. The highest BCUT2D eigenvalue weighted by molar-refractivity contribution is 7.13. The van der Waals surface area contributed by atoms with Gasteiger partial charge in [0.2, 0.25) is 0 Å². The molecule has 1 aromatic rings. The summed E-state index contributed by atoms with van der Waals surface area (Å²) in [6.07, 6.45) is 4.39. The molecule has 2 heterocycles. The van der Waals surface area contributed by atoms with Crippen LogP contribution in [0.1, 0.15) is 46.6 Å². The van der Waals surface area contributed by atoms with Gasteiger partial charge in [-0.25, -0.2) is 4.98 Å². The van der Waals surface area contributed by atoms with Crippen molar-refractivity contribution in [3.8, 4) is 0 Å². The first-order valence-corrected chi connectivity index (χ1v) is 8.37. The largest absolute Gasteiger partial charge is 0.338 e. The second-order valence-electron chi connectivity index (χ2n) is 5.50. The fourth-order valence-corrected chi connectivity index (χ4v) is 3.69. The molecule has 20 heavy (non-hydrogen) atoms. The average Bonchev–Trinajstić information content (AvgIpc) is 2.86. The minimum Gasteiger partial charge on any atom is -0.338 e. The van der Waals surface area contributed by atoms with Crippen molar-refractivity contribution in [2.45, 2.75) is 39.5 Å². The van der Waals surface area contributed by atoms with E-state index in [1.807, 2.05) is 18.9 Å². The van der Waals surface area contributed by atoms with Crippen molar-refractivity contribution in [2.24, 2.45) is 5.92 Å². The first-order chi connectivity index (χ1) is 9.65. The quantitative estimate of drug-likeness (QED) is 0.907. The van der Waals surface area contributed by atoms with E-state index in [1.165, 1.54) is 6.42 Å². The van der Waals surface area contributed by atoms with Gasteiger partial charge in [0, 0.05) is 13.1 Å². The standard InChI is InChI=1S/C15H25N3OS/c1-4-13-17-11(2)14(20-13)15(19)18-9-6-12(7-10-18)5-8-16-3/h12,16H,4-10H2,1-3H3. The van der Waals surface area contributed by atoms with Gasteiger partial charge < -0.3 is 10.2 Å². The molecule has 112 valence electrons. The number of hydrogen-bond donors (Lipinski definition) is 1. The van der Waals surface area contributed by atoms with Crippen LogP contribution in [0.5, 0.6) is 0 Å². The van der Waals surface area contributed by atoms with Crippen LogP contribution < -0.4 is 5.32 Å². The number of hydrogen-bond acceptors (Lipinski definition) is 4. The minimum atomic E-state index is 0.187. The number of carbonyl (C=O) groups excluding carboxylic acids is 1. The molecule has 0 bridgehead atoms. The smallest absolute Gasteiger partial charge is 0.265 e. The van der Waals surface area contributed by atoms with Crippen LogP contribution in [0, 0.1) is 12.8 Å². The third kappa shape index (κ3) is 3.58. The molecule has 0 aromatic carbocycles. The van der Waals surface area contributed by atoms with Gasteiger partial charge in [0.05, 0.1) is 10.7 Å². The summed E-state index contributed by atoms with van der Waals surface area (Å²) < 4.78 is 0. The molecular formula is C15H25N3OS. The van der Waals surface area contributed by atoms with Gasteiger partial charge in [-0.2, -0.15) is 0 Å². The van der Waals surface area contributed by atoms with Crippen molar-refractivity contribution in [3.05, 3.63) is 15.6 Å². The lowest BCUT2D eigenvalue weighted by molar-refractivity contribution is 0.0691. The molecule has 1 saturated heterocycles. The highest BCUT2D eigenvalue weighted by atomic mass is 32.1. The molecule has 0 aliphatic carbocycles. The second kappa shape index (κ2) is 7.18. The van der Waals surface area contributed by atoms with E-state index in [0.29, 0.717) is 0 Å². The number of likely N-dealkylation sites (tertiary alicyclic amines) is 1. The summed E-state index contributed by atoms with van der Waals surface area (Å²) >= 11 is 1.56. The number of thiazole rings is 1. The van der Waals surface area contributed by atoms with Crippen LogP contribution in [-0.2, 0) is 6.42 Å². The van der Waals surface area contributed by atoms with E-state index in [9.17, 15) is 4.79 Å². The Morgan fingerprint density at radius 3 is 2.70 bits per heavy atom. The van der Waals surface area contributed by atoms with Gasteiger partial charge >= 0.3 is 0 Å². The lowest BCUT2D eigenvalue weighted by Crippen LogP contribution is -2.38. The molecule has 0 atom stereocenters. The van der Waals surface area contributed by atoms with Gasteiger partial charge in [-0.3, -0.25) is 4.79 Å². The van der Waals surface area contributed by atoms with E-state index in [0.717, 1.165) is 60.4 Å². The normalized spacial score (nSPS) is 16.6. The second-order valence-corrected chi connectivity index (χ2v) is 6.59. The number of piperidine rings is 1. The number of nitrogens with zero attached hydrogens (tertiary/aromatic N) is 2. The van der Waals surface area contributed by atoms with E-state index < -0.39 is 0 Å². The van der Waals surface area contributed by atoms with Gasteiger partial charge in [-0.05, 0) is 52.1 Å². The molecular weight excluding hydrogens is 270 g/mol. The summed E-state index contributed by atoms with van der Waals surface area (Å²) in [6.45, 7) is 6.90. The van der Waals surface area contributed by atoms with Crippen LogP contribution >= 0.6 is 11.3 Å². The third-order valence-electron chi connectivity index (χ3n) is 4.04. The van der Waals surface area contributed by atoms with Crippen molar-refractivity contribution in [1.29, 1.82) is 0 Å². The number of amides is 1. The first kappa shape index (κ1) is 15.4. The van der Waals surface area contributed by atoms with Crippen LogP contribution in [-0.4, -0.2) is 42.5 Å². The van der Waals surface area contributed by atoms with Crippen LogP contribution in [0.4, 0.5) is 0 Å². The number of aromatic nitrogens is 1. The average molecular weight is 295 g/mol. The SMILES string of the molecule is CCc1nc(C)c(C(=O)N2CCC(CCNC)CC2)s1. The van der Waals surface area contributed by atoms with E-state index in [2.05, 4.69) is 17.2 Å². The lowest BCUT2D eigenvalue weighted by atomic mass is 9.93. The zero-order chi connectivity index (χ0) is 14.5. The van der Waals surface area contributed by atoms with Crippen LogP contribution in [0.3, 0.4) is 0 Å². The zero-order valence-corrected chi connectivity index (χ0v) is 13.6. The predicted octanol–water partition coefficient (Wildman–Crippen LogP) is 2.48. The van der Waals surface area contributed by atoms with Crippen molar-refractivity contribution in [2.75, 3.05) is 26.7 Å². The van der Waals surface area contributed by atoms with Crippen molar-refractivity contribution in [1.82, 2.24) is 15.2 Å². The Kier molecular flexibility index (Phi) is 5.54. The Bertz CT molecular complexity index is 450. The van der Waals surface area contributed by atoms with E-state index in [4.69, 9.17) is 0 Å². The van der Waals surface area contributed by atoms with Crippen LogP contribution in [0.15, 0.2) is 0 Å². The molecule has 4 nitrogen and oxygen atoms in total. The molecule has 0 saturated carbocycles. The van der Waals surface area contributed by atoms with Crippen molar-refractivity contribution < 1.29 is 4.79 Å². The highest BCUT2D eigenvalue weighted by Gasteiger charge is 2.25. The fraction of sp³-hybridized carbons (Fsp3) is 0.733. The number of carbonyl (C=O) groups is 1. The van der Waals surface area contributed by atoms with Gasteiger partial charge in [0.25, 0.3) is 5.91 Å². The Labute approximate surface area is 125 Å². The number of rotatable bonds is 5. The highest BCUT2D eigenvalue weighted by Crippen LogP contribution is 2.25. The van der Waals surface area contributed by atoms with Gasteiger partial charge in [-0.15, -0.1) is 11.3 Å². The van der Waals surface area contributed by atoms with Gasteiger partial charge in [0.15, 0.2) is 0 Å². The molecule has 5 heteroatoms. The Hall–Kier alpha value is -0.940. The summed E-state index contributed by atoms with van der Waals surface area (Å²) in [5.41, 5.74) is 0.897. The number of nitrogens with one attached hydrogen (secondary N) is 1. The first-order valence-electron chi connectivity index (χ1n) is 7.55. The topological polar surface area (TPSA) is 45.2 Å². The molecule has 0 unspecified atom stereocenters. The lowest BCUT2D eigenvalue weighted by Gasteiger charge is -2.31. The molecule has 1 N–H and O–H groups in total. The van der Waals surface area contributed by atoms with Crippen molar-refractivity contribution >= 4 is 17.2 Å². The molecule has 1 aliphatic rings. The Morgan fingerprint density at radius 1 is 1.45 bits per heavy atom. The molecule has 1 aromatic heterocycles. The molecule has 0 radical (unpaired) electrons. The zero-order valence-electron chi connectivity index (χ0n) is 12.7. The van der Waals surface area contributed by atoms with Gasteiger partial charge in [0.1, 0.15) is 4.88 Å². The summed E-state index contributed by atoms with van der Waals surface area (Å²) in [6, 6.07) is 0. The molecule has 1 amide bonds. The Balaban J connectivity index is 1.92. The number of aryl methyl sites for hydroxylation is 2. The maximum Gasteiger partial charge on any atom is 0.265 e. The maximum atomic E-state index is 12.6.